The molecule has 0 aromatic heterocycles. The molecule has 172 valence electrons. The van der Waals surface area contributed by atoms with Crippen LogP contribution in [0.5, 0.6) is 0 Å². The van der Waals surface area contributed by atoms with Gasteiger partial charge in [0.2, 0.25) is 5.91 Å². The molecular weight excluding hydrogens is 476 g/mol. The maximum absolute atomic E-state index is 13.0. The zero-order valence-electron chi connectivity index (χ0n) is 18.3. The number of alkyl halides is 1. The molecule has 0 bridgehead atoms. The van der Waals surface area contributed by atoms with Gasteiger partial charge in [-0.2, -0.15) is 0 Å². The minimum atomic E-state index is -0.720. The molecule has 9 heteroatoms. The number of hydrogen-bond acceptors (Lipinski definition) is 5. The third-order valence-electron chi connectivity index (χ3n) is 4.23. The molecule has 0 saturated carbocycles. The highest BCUT2D eigenvalue weighted by atomic mass is 79.9. The molecule has 0 saturated heterocycles. The van der Waals surface area contributed by atoms with Crippen LogP contribution in [0.3, 0.4) is 0 Å². The van der Waals surface area contributed by atoms with Gasteiger partial charge in [0.05, 0.1) is 11.9 Å². The van der Waals surface area contributed by atoms with Gasteiger partial charge in [-0.15, -0.1) is 0 Å². The topological polar surface area (TPSA) is 91.0 Å². The van der Waals surface area contributed by atoms with Gasteiger partial charge in [-0.05, 0) is 17.0 Å². The molecule has 0 fully saturated rings. The molecule has 32 heavy (non-hydrogen) atoms. The molecule has 0 spiro atoms. The van der Waals surface area contributed by atoms with Crippen LogP contribution in [0.4, 0.5) is 4.79 Å². The van der Waals surface area contributed by atoms with E-state index >= 15 is 0 Å². The summed E-state index contributed by atoms with van der Waals surface area (Å²) in [6.07, 6.45) is -0.720. The van der Waals surface area contributed by atoms with Crippen molar-refractivity contribution >= 4 is 33.8 Å². The van der Waals surface area contributed by atoms with Crippen LogP contribution in [0.15, 0.2) is 60.7 Å². The second-order valence-electron chi connectivity index (χ2n) is 7.58. The third-order valence-corrected chi connectivity index (χ3v) is 4.74. The van der Waals surface area contributed by atoms with E-state index in [-0.39, 0.29) is 36.2 Å². The maximum Gasteiger partial charge on any atom is 0.426 e. The van der Waals surface area contributed by atoms with E-state index in [4.69, 9.17) is 4.74 Å². The van der Waals surface area contributed by atoms with Crippen molar-refractivity contribution in [2.45, 2.75) is 27.0 Å². The van der Waals surface area contributed by atoms with Gasteiger partial charge in [0.1, 0.15) is 6.61 Å². The summed E-state index contributed by atoms with van der Waals surface area (Å²) in [5.74, 6) is -0.548. The summed E-state index contributed by atoms with van der Waals surface area (Å²) in [4.78, 5) is 37.2. The molecule has 0 aliphatic carbocycles. The molecule has 0 atom stereocenters. The standard InChI is InChI=1S/C23H29BrN4O4/c1-18(2)14-28(26-23(31)32-17-20-11-7-4-8-12-20)22(30)16-27(25-21(29)13-24)15-19-9-5-3-6-10-19/h3-12,18H,13-17H2,1-2H3,(H,25,29)(H,26,31). The van der Waals surface area contributed by atoms with Crippen LogP contribution in [-0.4, -0.2) is 46.3 Å². The van der Waals surface area contributed by atoms with Gasteiger partial charge in [0, 0.05) is 13.1 Å². The molecule has 0 aliphatic heterocycles. The Morgan fingerprint density at radius 2 is 1.53 bits per heavy atom. The molecule has 0 radical (unpaired) electrons. The Bertz CT molecular complexity index is 865. The normalized spacial score (nSPS) is 10.7. The van der Waals surface area contributed by atoms with Crippen LogP contribution >= 0.6 is 15.9 Å². The number of halogens is 1. The monoisotopic (exact) mass is 504 g/mol. The first-order chi connectivity index (χ1) is 15.4. The average molecular weight is 505 g/mol. The van der Waals surface area contributed by atoms with E-state index in [1.807, 2.05) is 74.5 Å². The van der Waals surface area contributed by atoms with Crippen molar-refractivity contribution < 1.29 is 19.1 Å². The number of amides is 3. The summed E-state index contributed by atoms with van der Waals surface area (Å²) in [6, 6.07) is 18.8. The van der Waals surface area contributed by atoms with Crippen molar-refractivity contribution in [1.29, 1.82) is 0 Å². The lowest BCUT2D eigenvalue weighted by Gasteiger charge is -2.28. The van der Waals surface area contributed by atoms with Crippen LogP contribution in [0.2, 0.25) is 0 Å². The van der Waals surface area contributed by atoms with E-state index in [2.05, 4.69) is 26.8 Å². The van der Waals surface area contributed by atoms with Gasteiger partial charge >= 0.3 is 6.09 Å². The van der Waals surface area contributed by atoms with E-state index in [9.17, 15) is 14.4 Å². The minimum absolute atomic E-state index is 0.0951. The number of rotatable bonds is 10. The first-order valence-electron chi connectivity index (χ1n) is 10.3. The molecule has 8 nitrogen and oxygen atoms in total. The molecule has 2 N–H and O–H groups in total. The lowest BCUT2D eigenvalue weighted by atomic mass is 10.2. The highest BCUT2D eigenvalue weighted by Crippen LogP contribution is 2.06. The van der Waals surface area contributed by atoms with Gasteiger partial charge in [0.25, 0.3) is 5.91 Å². The highest BCUT2D eigenvalue weighted by molar-refractivity contribution is 9.09. The van der Waals surface area contributed by atoms with Gasteiger partial charge in [-0.3, -0.25) is 15.0 Å². The van der Waals surface area contributed by atoms with Crippen molar-refractivity contribution in [2.75, 3.05) is 18.4 Å². The van der Waals surface area contributed by atoms with Gasteiger partial charge in [-0.25, -0.2) is 20.2 Å². The Labute approximate surface area is 197 Å². The summed E-state index contributed by atoms with van der Waals surface area (Å²) in [5.41, 5.74) is 7.01. The molecule has 0 heterocycles. The SMILES string of the molecule is CC(C)CN(NC(=O)OCc1ccccc1)C(=O)CN(Cc1ccccc1)NC(=O)CBr. The molecule has 2 aromatic carbocycles. The molecule has 2 rings (SSSR count). The van der Waals surface area contributed by atoms with Crippen LogP contribution in [0, 0.1) is 5.92 Å². The predicted molar refractivity (Wildman–Crippen MR) is 125 cm³/mol. The number of carbonyl (C=O) groups excluding carboxylic acids is 3. The van der Waals surface area contributed by atoms with E-state index in [0.29, 0.717) is 13.1 Å². The molecule has 0 unspecified atom stereocenters. The van der Waals surface area contributed by atoms with Crippen molar-refractivity contribution in [3.63, 3.8) is 0 Å². The van der Waals surface area contributed by atoms with E-state index in [1.54, 1.807) is 0 Å². The summed E-state index contributed by atoms with van der Waals surface area (Å²) >= 11 is 3.12. The Kier molecular flexibility index (Phi) is 10.7. The Morgan fingerprint density at radius 1 is 0.938 bits per heavy atom. The van der Waals surface area contributed by atoms with Crippen LogP contribution < -0.4 is 10.9 Å². The number of nitrogens with one attached hydrogen (secondary N) is 2. The molecular formula is C23H29BrN4O4. The average Bonchev–Trinajstić information content (AvgIpc) is 2.78. The number of benzene rings is 2. The first kappa shape index (κ1) is 25.4. The van der Waals surface area contributed by atoms with Crippen molar-refractivity contribution in [3.05, 3.63) is 71.8 Å². The minimum Gasteiger partial charge on any atom is -0.443 e. The van der Waals surface area contributed by atoms with Gasteiger partial charge < -0.3 is 4.74 Å². The quantitative estimate of drug-likeness (QED) is 0.382. The smallest absolute Gasteiger partial charge is 0.426 e. The summed E-state index contributed by atoms with van der Waals surface area (Å²) < 4.78 is 5.24. The van der Waals surface area contributed by atoms with Crippen molar-refractivity contribution in [2.24, 2.45) is 5.92 Å². The predicted octanol–water partition coefficient (Wildman–Crippen LogP) is 3.24. The fourth-order valence-corrected chi connectivity index (χ4v) is 2.96. The Balaban J connectivity index is 2.02. The highest BCUT2D eigenvalue weighted by Gasteiger charge is 2.22. The first-order valence-corrected chi connectivity index (χ1v) is 11.4. The summed E-state index contributed by atoms with van der Waals surface area (Å²) in [7, 11) is 0. The lowest BCUT2D eigenvalue weighted by molar-refractivity contribution is -0.138. The number of hydrogen-bond donors (Lipinski definition) is 2. The van der Waals surface area contributed by atoms with Crippen LogP contribution in [0.1, 0.15) is 25.0 Å². The Morgan fingerprint density at radius 3 is 2.09 bits per heavy atom. The number of hydrazine groups is 2. The second-order valence-corrected chi connectivity index (χ2v) is 8.14. The molecule has 3 amide bonds. The lowest BCUT2D eigenvalue weighted by Crippen LogP contribution is -2.54. The number of carbonyl (C=O) groups is 3. The summed E-state index contributed by atoms with van der Waals surface area (Å²) in [6.45, 7) is 4.47. The van der Waals surface area contributed by atoms with E-state index in [0.717, 1.165) is 11.1 Å². The van der Waals surface area contributed by atoms with E-state index < -0.39 is 6.09 Å². The van der Waals surface area contributed by atoms with Gasteiger partial charge in [0.15, 0.2) is 0 Å². The van der Waals surface area contributed by atoms with Crippen LogP contribution in [0.25, 0.3) is 0 Å². The molecule has 0 aliphatic rings. The number of nitrogens with zero attached hydrogens (tertiary/aromatic N) is 2. The zero-order valence-corrected chi connectivity index (χ0v) is 19.9. The van der Waals surface area contributed by atoms with Gasteiger partial charge in [-0.1, -0.05) is 90.4 Å². The number of ether oxygens (including phenoxy) is 1. The van der Waals surface area contributed by atoms with E-state index in [1.165, 1.54) is 10.0 Å². The zero-order chi connectivity index (χ0) is 23.3. The van der Waals surface area contributed by atoms with Crippen molar-refractivity contribution in [1.82, 2.24) is 20.9 Å². The summed E-state index contributed by atoms with van der Waals surface area (Å²) in [5, 5.41) is 2.86. The third kappa shape index (κ3) is 9.49. The Hall–Kier alpha value is -2.91. The maximum atomic E-state index is 13.0. The molecule has 2 aromatic rings. The fraction of sp³-hybridized carbons (Fsp3) is 0.348. The van der Waals surface area contributed by atoms with Crippen molar-refractivity contribution in [3.8, 4) is 0 Å². The largest absolute Gasteiger partial charge is 0.443 e. The van der Waals surface area contributed by atoms with Crippen LogP contribution in [-0.2, 0) is 27.5 Å². The fourth-order valence-electron chi connectivity index (χ4n) is 2.83. The second kappa shape index (κ2) is 13.5.